The van der Waals surface area contributed by atoms with Crippen LogP contribution in [0.25, 0.3) is 0 Å². The second kappa shape index (κ2) is 5.36. The summed E-state index contributed by atoms with van der Waals surface area (Å²) >= 11 is 3.07. The Kier molecular flexibility index (Phi) is 3.80. The lowest BCUT2D eigenvalue weighted by molar-refractivity contribution is 0.102. The number of carbonyl (C=O) groups is 1. The molecule has 0 heterocycles. The van der Waals surface area contributed by atoms with Crippen LogP contribution in [-0.4, -0.2) is 5.91 Å². The van der Waals surface area contributed by atoms with E-state index in [0.29, 0.717) is 5.69 Å². The van der Waals surface area contributed by atoms with Gasteiger partial charge in [-0.1, -0.05) is 6.07 Å². The highest BCUT2D eigenvalue weighted by molar-refractivity contribution is 9.10. The van der Waals surface area contributed by atoms with E-state index >= 15 is 0 Å². The lowest BCUT2D eigenvalue weighted by atomic mass is 10.2. The van der Waals surface area contributed by atoms with Crippen LogP contribution in [0.5, 0.6) is 0 Å². The van der Waals surface area contributed by atoms with E-state index in [9.17, 15) is 13.6 Å². The summed E-state index contributed by atoms with van der Waals surface area (Å²) in [6.45, 7) is 0. The summed E-state index contributed by atoms with van der Waals surface area (Å²) in [6.07, 6.45) is 0. The Labute approximate surface area is 116 Å². The van der Waals surface area contributed by atoms with Crippen molar-refractivity contribution >= 4 is 33.2 Å². The normalized spacial score (nSPS) is 10.3. The van der Waals surface area contributed by atoms with Gasteiger partial charge < -0.3 is 11.1 Å². The Morgan fingerprint density at radius 2 is 1.89 bits per heavy atom. The minimum absolute atomic E-state index is 0.0971. The number of amides is 1. The monoisotopic (exact) mass is 326 g/mol. The summed E-state index contributed by atoms with van der Waals surface area (Å²) in [5.74, 6) is -2.10. The van der Waals surface area contributed by atoms with E-state index in [0.717, 1.165) is 12.1 Å². The summed E-state index contributed by atoms with van der Waals surface area (Å²) < 4.78 is 27.3. The third-order valence-electron chi connectivity index (χ3n) is 2.43. The lowest BCUT2D eigenvalue weighted by Gasteiger charge is -2.09. The van der Waals surface area contributed by atoms with Crippen molar-refractivity contribution in [2.24, 2.45) is 0 Å². The van der Waals surface area contributed by atoms with Crippen molar-refractivity contribution in [3.05, 3.63) is 58.1 Å². The molecule has 0 aliphatic carbocycles. The SMILES string of the molecule is Nc1ccc(F)c(NC(=O)c2c(F)cccc2Br)c1. The predicted molar refractivity (Wildman–Crippen MR) is 72.9 cm³/mol. The summed E-state index contributed by atoms with van der Waals surface area (Å²) in [4.78, 5) is 11.9. The highest BCUT2D eigenvalue weighted by Crippen LogP contribution is 2.23. The number of halogens is 3. The largest absolute Gasteiger partial charge is 0.399 e. The fraction of sp³-hybridized carbons (Fsp3) is 0. The van der Waals surface area contributed by atoms with Crippen LogP contribution in [0, 0.1) is 11.6 Å². The molecule has 0 fully saturated rings. The number of hydrogen-bond donors (Lipinski definition) is 2. The number of carbonyl (C=O) groups excluding carboxylic acids is 1. The topological polar surface area (TPSA) is 55.1 Å². The van der Waals surface area contributed by atoms with Gasteiger partial charge in [0.2, 0.25) is 0 Å². The second-order valence-corrected chi connectivity index (χ2v) is 4.64. The molecule has 0 aliphatic heterocycles. The van der Waals surface area contributed by atoms with Gasteiger partial charge in [0.25, 0.3) is 5.91 Å². The first kappa shape index (κ1) is 13.5. The van der Waals surface area contributed by atoms with Crippen molar-refractivity contribution in [1.82, 2.24) is 0 Å². The molecule has 0 spiro atoms. The molecule has 0 radical (unpaired) electrons. The van der Waals surface area contributed by atoms with E-state index in [1.807, 2.05) is 0 Å². The van der Waals surface area contributed by atoms with Crippen LogP contribution >= 0.6 is 15.9 Å². The van der Waals surface area contributed by atoms with Crippen molar-refractivity contribution < 1.29 is 13.6 Å². The molecule has 0 unspecified atom stereocenters. The fourth-order valence-corrected chi connectivity index (χ4v) is 2.06. The maximum Gasteiger partial charge on any atom is 0.259 e. The highest BCUT2D eigenvalue weighted by Gasteiger charge is 2.16. The predicted octanol–water partition coefficient (Wildman–Crippen LogP) is 3.56. The van der Waals surface area contributed by atoms with E-state index in [1.54, 1.807) is 0 Å². The molecule has 0 aliphatic rings. The van der Waals surface area contributed by atoms with Gasteiger partial charge in [-0.05, 0) is 46.3 Å². The van der Waals surface area contributed by atoms with Crippen molar-refractivity contribution in [3.8, 4) is 0 Å². The average Bonchev–Trinajstić information content (AvgIpc) is 2.33. The van der Waals surface area contributed by atoms with Gasteiger partial charge in [-0.25, -0.2) is 8.78 Å². The zero-order valence-corrected chi connectivity index (χ0v) is 11.2. The average molecular weight is 327 g/mol. The van der Waals surface area contributed by atoms with Gasteiger partial charge >= 0.3 is 0 Å². The first-order chi connectivity index (χ1) is 8.99. The van der Waals surface area contributed by atoms with Crippen LogP contribution in [-0.2, 0) is 0 Å². The molecule has 3 nitrogen and oxygen atoms in total. The van der Waals surface area contributed by atoms with E-state index in [1.165, 1.54) is 24.3 Å². The van der Waals surface area contributed by atoms with E-state index in [2.05, 4.69) is 21.2 Å². The van der Waals surface area contributed by atoms with Gasteiger partial charge in [0.05, 0.1) is 11.3 Å². The second-order valence-electron chi connectivity index (χ2n) is 3.79. The molecule has 19 heavy (non-hydrogen) atoms. The quantitative estimate of drug-likeness (QED) is 0.829. The fourth-order valence-electron chi connectivity index (χ4n) is 1.54. The molecule has 3 N–H and O–H groups in total. The van der Waals surface area contributed by atoms with Gasteiger partial charge in [-0.15, -0.1) is 0 Å². The Hall–Kier alpha value is -1.95. The summed E-state index contributed by atoms with van der Waals surface area (Å²) in [6, 6.07) is 7.88. The molecule has 0 aromatic heterocycles. The first-order valence-electron chi connectivity index (χ1n) is 5.29. The number of rotatable bonds is 2. The molecule has 0 bridgehead atoms. The van der Waals surface area contributed by atoms with Crippen molar-refractivity contribution in [1.29, 1.82) is 0 Å². The van der Waals surface area contributed by atoms with Gasteiger partial charge in [0.1, 0.15) is 11.6 Å². The van der Waals surface area contributed by atoms with Crippen LogP contribution in [0.2, 0.25) is 0 Å². The molecule has 98 valence electrons. The number of nitrogens with one attached hydrogen (secondary N) is 1. The number of nitrogens with two attached hydrogens (primary N) is 1. The van der Waals surface area contributed by atoms with Crippen LogP contribution in [0.1, 0.15) is 10.4 Å². The van der Waals surface area contributed by atoms with Crippen LogP contribution < -0.4 is 11.1 Å². The molecule has 1 amide bonds. The smallest absolute Gasteiger partial charge is 0.259 e. The van der Waals surface area contributed by atoms with Crippen LogP contribution in [0.15, 0.2) is 40.9 Å². The minimum atomic E-state index is -0.755. The zero-order valence-electron chi connectivity index (χ0n) is 9.58. The van der Waals surface area contributed by atoms with Crippen molar-refractivity contribution in [3.63, 3.8) is 0 Å². The maximum atomic E-state index is 13.6. The lowest BCUT2D eigenvalue weighted by Crippen LogP contribution is -2.15. The summed E-state index contributed by atoms with van der Waals surface area (Å²) in [5, 5.41) is 2.29. The van der Waals surface area contributed by atoms with Crippen molar-refractivity contribution in [2.45, 2.75) is 0 Å². The Balaban J connectivity index is 2.34. The maximum absolute atomic E-state index is 13.6. The molecule has 2 aromatic rings. The third kappa shape index (κ3) is 2.90. The number of anilines is 2. The molecule has 0 saturated heterocycles. The van der Waals surface area contributed by atoms with Gasteiger partial charge in [0.15, 0.2) is 0 Å². The number of hydrogen-bond acceptors (Lipinski definition) is 2. The van der Waals surface area contributed by atoms with E-state index in [4.69, 9.17) is 5.73 Å². The Morgan fingerprint density at radius 3 is 2.58 bits per heavy atom. The highest BCUT2D eigenvalue weighted by atomic mass is 79.9. The molecular weight excluding hydrogens is 318 g/mol. The minimum Gasteiger partial charge on any atom is -0.399 e. The number of nitrogen functional groups attached to an aromatic ring is 1. The first-order valence-corrected chi connectivity index (χ1v) is 6.08. The molecular formula is C13H9BrF2N2O. The number of benzene rings is 2. The molecule has 6 heteroatoms. The molecule has 2 rings (SSSR count). The van der Waals surface area contributed by atoms with Crippen LogP contribution in [0.4, 0.5) is 20.2 Å². The Morgan fingerprint density at radius 1 is 1.16 bits per heavy atom. The Bertz CT molecular complexity index is 626. The molecule has 0 saturated carbocycles. The summed E-state index contributed by atoms with van der Waals surface area (Å²) in [5.41, 5.74) is 5.51. The standard InChI is InChI=1S/C13H9BrF2N2O/c14-8-2-1-3-10(16)12(8)13(19)18-11-6-7(17)4-5-9(11)15/h1-6H,17H2,(H,18,19). The third-order valence-corrected chi connectivity index (χ3v) is 3.09. The zero-order chi connectivity index (χ0) is 14.0. The summed E-state index contributed by atoms with van der Waals surface area (Å²) in [7, 11) is 0. The van der Waals surface area contributed by atoms with Gasteiger partial charge in [0, 0.05) is 10.2 Å². The van der Waals surface area contributed by atoms with Gasteiger partial charge in [-0.2, -0.15) is 0 Å². The van der Waals surface area contributed by atoms with Crippen LogP contribution in [0.3, 0.4) is 0 Å². The molecule has 0 atom stereocenters. The molecule has 2 aromatic carbocycles. The van der Waals surface area contributed by atoms with Crippen molar-refractivity contribution in [2.75, 3.05) is 11.1 Å². The van der Waals surface area contributed by atoms with E-state index in [-0.39, 0.29) is 15.7 Å². The van der Waals surface area contributed by atoms with E-state index < -0.39 is 17.5 Å². The van der Waals surface area contributed by atoms with Gasteiger partial charge in [-0.3, -0.25) is 4.79 Å².